The normalized spacial score (nSPS) is 49.0. The molecule has 252 valence electrons. The van der Waals surface area contributed by atoms with Crippen LogP contribution < -0.4 is 0 Å². The van der Waals surface area contributed by atoms with Gasteiger partial charge in [-0.3, -0.25) is 4.79 Å². The Bertz CT molecular complexity index is 1120. The van der Waals surface area contributed by atoms with Gasteiger partial charge in [0.05, 0.1) is 35.6 Å². The topological polar surface area (TPSA) is 197 Å². The van der Waals surface area contributed by atoms with E-state index in [1.54, 1.807) is 6.08 Å². The molecule has 1 heterocycles. The monoisotopic (exact) mass is 626 g/mol. The van der Waals surface area contributed by atoms with Crippen LogP contribution in [-0.2, 0) is 14.3 Å². The van der Waals surface area contributed by atoms with Gasteiger partial charge in [-0.15, -0.1) is 0 Å². The Labute approximate surface area is 259 Å². The first-order valence-electron chi connectivity index (χ1n) is 16.4. The summed E-state index contributed by atoms with van der Waals surface area (Å²) in [7, 11) is 0. The van der Waals surface area contributed by atoms with E-state index in [-0.39, 0.29) is 24.0 Å². The second-order valence-corrected chi connectivity index (χ2v) is 15.9. The minimum atomic E-state index is -1.53. The third-order valence-electron chi connectivity index (χ3n) is 12.6. The van der Waals surface area contributed by atoms with Gasteiger partial charge < -0.3 is 50.3 Å². The molecule has 14 atom stereocenters. The highest BCUT2D eigenvalue weighted by Gasteiger charge is 2.68. The van der Waals surface area contributed by atoms with E-state index in [1.807, 2.05) is 34.6 Å². The molecule has 5 rings (SSSR count). The molecule has 0 spiro atoms. The Morgan fingerprint density at radius 1 is 0.955 bits per heavy atom. The van der Waals surface area contributed by atoms with Gasteiger partial charge in [-0.1, -0.05) is 13.8 Å². The van der Waals surface area contributed by atoms with Crippen molar-refractivity contribution in [2.45, 2.75) is 152 Å². The number of aliphatic hydroxyl groups excluding tert-OH is 6. The van der Waals surface area contributed by atoms with Crippen molar-refractivity contribution in [1.29, 1.82) is 0 Å². The molecule has 4 aliphatic carbocycles. The summed E-state index contributed by atoms with van der Waals surface area (Å²) in [5, 5.41) is 85.3. The predicted octanol–water partition coefficient (Wildman–Crippen LogP) is 0.707. The third-order valence-corrected chi connectivity index (χ3v) is 12.6. The number of hydrogen-bond donors (Lipinski definition) is 8. The molecule has 0 aromatic rings. The van der Waals surface area contributed by atoms with Crippen LogP contribution in [-0.4, -0.2) is 113 Å². The lowest BCUT2D eigenvalue weighted by atomic mass is 9.45. The number of hydrogen-bond acceptors (Lipinski definition) is 11. The quantitative estimate of drug-likeness (QED) is 0.189. The largest absolute Gasteiger partial charge is 0.394 e. The first-order valence-corrected chi connectivity index (χ1v) is 16.4. The van der Waals surface area contributed by atoms with Crippen molar-refractivity contribution in [3.63, 3.8) is 0 Å². The van der Waals surface area contributed by atoms with E-state index in [0.717, 1.165) is 12.0 Å². The van der Waals surface area contributed by atoms with Crippen molar-refractivity contribution < 1.29 is 55.1 Å². The zero-order valence-corrected chi connectivity index (χ0v) is 26.7. The van der Waals surface area contributed by atoms with Gasteiger partial charge >= 0.3 is 0 Å². The van der Waals surface area contributed by atoms with Crippen LogP contribution in [0.5, 0.6) is 0 Å². The van der Waals surface area contributed by atoms with Crippen molar-refractivity contribution in [3.05, 3.63) is 11.6 Å². The van der Waals surface area contributed by atoms with E-state index in [4.69, 9.17) is 9.47 Å². The lowest BCUT2D eigenvalue weighted by Crippen LogP contribution is -2.61. The molecule has 1 saturated heterocycles. The summed E-state index contributed by atoms with van der Waals surface area (Å²) in [5.41, 5.74) is -3.73. The fourth-order valence-electron chi connectivity index (χ4n) is 9.95. The van der Waals surface area contributed by atoms with Crippen molar-refractivity contribution in [1.82, 2.24) is 0 Å². The van der Waals surface area contributed by atoms with Crippen molar-refractivity contribution in [3.8, 4) is 0 Å². The molecule has 3 saturated carbocycles. The molecule has 11 heteroatoms. The maximum atomic E-state index is 13.4. The minimum Gasteiger partial charge on any atom is -0.394 e. The van der Waals surface area contributed by atoms with E-state index < -0.39 is 83.1 Å². The Kier molecular flexibility index (Phi) is 9.06. The van der Waals surface area contributed by atoms with Gasteiger partial charge in [0.15, 0.2) is 12.1 Å². The molecular weight excluding hydrogens is 572 g/mol. The van der Waals surface area contributed by atoms with Gasteiger partial charge in [0.2, 0.25) is 0 Å². The van der Waals surface area contributed by atoms with Crippen LogP contribution in [0.25, 0.3) is 0 Å². The van der Waals surface area contributed by atoms with Crippen LogP contribution in [0.3, 0.4) is 0 Å². The molecule has 0 amide bonds. The second-order valence-electron chi connectivity index (χ2n) is 15.9. The van der Waals surface area contributed by atoms with Gasteiger partial charge in [0.25, 0.3) is 0 Å². The molecule has 8 N–H and O–H groups in total. The average Bonchev–Trinajstić information content (AvgIpc) is 3.22. The van der Waals surface area contributed by atoms with E-state index in [9.17, 15) is 45.6 Å². The number of carbonyl (C=O) groups excluding carboxylic acids is 1. The van der Waals surface area contributed by atoms with Gasteiger partial charge in [0, 0.05) is 11.3 Å². The molecule has 4 fully saturated rings. The smallest absolute Gasteiger partial charge is 0.187 e. The lowest BCUT2D eigenvalue weighted by molar-refractivity contribution is -0.323. The highest BCUT2D eigenvalue weighted by Crippen LogP contribution is 2.68. The number of ether oxygens (including phenoxy) is 2. The van der Waals surface area contributed by atoms with E-state index in [1.165, 1.54) is 0 Å². The van der Waals surface area contributed by atoms with Crippen LogP contribution >= 0.6 is 0 Å². The minimum absolute atomic E-state index is 0.0884. The number of aliphatic hydroxyl groups is 8. The number of ketones is 1. The van der Waals surface area contributed by atoms with Crippen LogP contribution in [0.4, 0.5) is 0 Å². The molecule has 0 aromatic carbocycles. The SMILES string of the molecule is CC(C)(CCC[C@](C)(O)[C@H]1CC[C@@]2(O)C3=CC(=O)[C@H]4C[C@@H](O)[C@@H](O)C[C@]4(C)[C@H]3CC[C@]12C)O[C@@H]1O[C@H](CO)[C@@H](O)[C@H](O)[C@H]1O. The summed E-state index contributed by atoms with van der Waals surface area (Å²) < 4.78 is 11.5. The summed E-state index contributed by atoms with van der Waals surface area (Å²) in [6, 6.07) is 0. The number of rotatable bonds is 8. The molecule has 11 nitrogen and oxygen atoms in total. The van der Waals surface area contributed by atoms with Crippen LogP contribution in [0.2, 0.25) is 0 Å². The lowest BCUT2D eigenvalue weighted by Gasteiger charge is -2.60. The summed E-state index contributed by atoms with van der Waals surface area (Å²) in [5.74, 6) is -0.819. The maximum Gasteiger partial charge on any atom is 0.187 e. The molecular formula is C33H54O11. The van der Waals surface area contributed by atoms with Crippen molar-refractivity contribution >= 4 is 5.78 Å². The molecule has 0 bridgehead atoms. The maximum absolute atomic E-state index is 13.4. The summed E-state index contributed by atoms with van der Waals surface area (Å²) >= 11 is 0. The third kappa shape index (κ3) is 5.42. The summed E-state index contributed by atoms with van der Waals surface area (Å²) in [6.07, 6.45) is -2.66. The molecule has 0 unspecified atom stereocenters. The average molecular weight is 627 g/mol. The standard InChI is InChI=1S/C33H54O11/c1-29(2,44-28-27(40)26(39)25(38)23(16-34)43-28)9-6-10-32(5,41)24-8-12-33(42)18-13-20(35)19-14-21(36)22(37)15-30(19,3)17(18)7-11-31(24,33)4/h13,17,19,21-28,34,36-42H,6-12,14-16H2,1-5H3/t17-,19+,21+,22-,23+,24-,25+,26-,27+,28-,30+,31+,32-,33+/m0/s1. The first-order chi connectivity index (χ1) is 20.3. The van der Waals surface area contributed by atoms with E-state index in [0.29, 0.717) is 44.9 Å². The van der Waals surface area contributed by atoms with Gasteiger partial charge in [-0.25, -0.2) is 0 Å². The summed E-state index contributed by atoms with van der Waals surface area (Å²) in [4.78, 5) is 13.4. The molecule has 44 heavy (non-hydrogen) atoms. The zero-order valence-electron chi connectivity index (χ0n) is 26.7. The van der Waals surface area contributed by atoms with Crippen molar-refractivity contribution in [2.75, 3.05) is 6.61 Å². The van der Waals surface area contributed by atoms with Crippen LogP contribution in [0.15, 0.2) is 11.6 Å². The number of fused-ring (bicyclic) bond motifs is 5. The Morgan fingerprint density at radius 2 is 1.64 bits per heavy atom. The number of allylic oxidation sites excluding steroid dienone is 1. The molecule has 5 aliphatic rings. The molecule has 0 aromatic heterocycles. The fourth-order valence-corrected chi connectivity index (χ4v) is 9.95. The van der Waals surface area contributed by atoms with E-state index >= 15 is 0 Å². The Morgan fingerprint density at radius 3 is 2.30 bits per heavy atom. The second kappa shape index (κ2) is 11.6. The van der Waals surface area contributed by atoms with Crippen molar-refractivity contribution in [2.24, 2.45) is 28.6 Å². The Balaban J connectivity index is 1.27. The van der Waals surface area contributed by atoms with Gasteiger partial charge in [-0.05, 0) is 107 Å². The highest BCUT2D eigenvalue weighted by molar-refractivity contribution is 5.95. The molecule has 0 radical (unpaired) electrons. The zero-order chi connectivity index (χ0) is 32.6. The first kappa shape index (κ1) is 34.3. The molecule has 1 aliphatic heterocycles. The summed E-state index contributed by atoms with van der Waals surface area (Å²) in [6.45, 7) is 8.93. The predicted molar refractivity (Wildman–Crippen MR) is 158 cm³/mol. The van der Waals surface area contributed by atoms with Gasteiger partial charge in [-0.2, -0.15) is 0 Å². The number of carbonyl (C=O) groups is 1. The van der Waals surface area contributed by atoms with E-state index in [2.05, 4.69) is 0 Å². The van der Waals surface area contributed by atoms with Gasteiger partial charge in [0.1, 0.15) is 24.4 Å². The van der Waals surface area contributed by atoms with Crippen LogP contribution in [0, 0.1) is 28.6 Å². The highest BCUT2D eigenvalue weighted by atomic mass is 16.7. The Hall–Kier alpha value is -0.990. The fraction of sp³-hybridized carbons (Fsp3) is 0.909. The van der Waals surface area contributed by atoms with Crippen LogP contribution in [0.1, 0.15) is 92.4 Å².